The van der Waals surface area contributed by atoms with Gasteiger partial charge >= 0.3 is 0 Å². The number of anilines is 1. The first kappa shape index (κ1) is 15.6. The average molecular weight is 287 g/mol. The van der Waals surface area contributed by atoms with Crippen LogP contribution in [0, 0.1) is 12.8 Å². The molecule has 0 amide bonds. The van der Waals surface area contributed by atoms with Crippen molar-refractivity contribution in [2.75, 3.05) is 18.5 Å². The van der Waals surface area contributed by atoms with Crippen molar-refractivity contribution in [3.8, 4) is 0 Å². The van der Waals surface area contributed by atoms with Crippen molar-refractivity contribution in [1.82, 2.24) is 10.3 Å². The van der Waals surface area contributed by atoms with E-state index in [1.54, 1.807) is 12.5 Å². The number of aryl methyl sites for hydroxylation is 1. The van der Waals surface area contributed by atoms with Crippen LogP contribution in [0.25, 0.3) is 0 Å². The second kappa shape index (κ2) is 7.27. The van der Waals surface area contributed by atoms with Crippen molar-refractivity contribution in [3.63, 3.8) is 0 Å². The normalized spacial score (nSPS) is 11.1. The smallest absolute Gasteiger partial charge is 0.128 e. The van der Waals surface area contributed by atoms with Gasteiger partial charge in [0.15, 0.2) is 0 Å². The minimum atomic E-state index is 0.665. The second-order valence-corrected chi connectivity index (χ2v) is 5.93. The van der Waals surface area contributed by atoms with Gasteiger partial charge in [0.05, 0.1) is 12.5 Å². The lowest BCUT2D eigenvalue weighted by molar-refractivity contribution is 0.551. The van der Waals surface area contributed by atoms with Crippen LogP contribution in [-0.4, -0.2) is 18.6 Å². The standard InChI is InChI=1S/C17H25N3O/c1-13(2)9-18-10-16-5-6-17(19-14(16)3)20(4)11-15-7-8-21-12-15/h5-8,12-13,18H,9-11H2,1-4H3. The molecule has 114 valence electrons. The zero-order valence-electron chi connectivity index (χ0n) is 13.4. The van der Waals surface area contributed by atoms with Gasteiger partial charge in [-0.05, 0) is 37.1 Å². The predicted molar refractivity (Wildman–Crippen MR) is 86.3 cm³/mol. The zero-order valence-corrected chi connectivity index (χ0v) is 13.4. The molecule has 2 rings (SSSR count). The SMILES string of the molecule is Cc1nc(N(C)Cc2ccoc2)ccc1CNCC(C)C. The van der Waals surface area contributed by atoms with Gasteiger partial charge in [0.25, 0.3) is 0 Å². The summed E-state index contributed by atoms with van der Waals surface area (Å²) in [6, 6.07) is 6.23. The first-order valence-corrected chi connectivity index (χ1v) is 7.45. The first-order chi connectivity index (χ1) is 10.1. The highest BCUT2D eigenvalue weighted by atomic mass is 16.3. The molecule has 2 aromatic rings. The van der Waals surface area contributed by atoms with Crippen LogP contribution in [0.15, 0.2) is 35.1 Å². The van der Waals surface area contributed by atoms with Gasteiger partial charge < -0.3 is 14.6 Å². The van der Waals surface area contributed by atoms with Crippen LogP contribution in [-0.2, 0) is 13.1 Å². The Morgan fingerprint density at radius 1 is 1.29 bits per heavy atom. The Labute approximate surface area is 127 Å². The second-order valence-electron chi connectivity index (χ2n) is 5.93. The molecule has 2 aromatic heterocycles. The fraction of sp³-hybridized carbons (Fsp3) is 0.471. The molecular formula is C17H25N3O. The van der Waals surface area contributed by atoms with E-state index in [9.17, 15) is 0 Å². The summed E-state index contributed by atoms with van der Waals surface area (Å²) in [4.78, 5) is 6.83. The molecule has 0 saturated heterocycles. The summed E-state index contributed by atoms with van der Waals surface area (Å²) in [5.41, 5.74) is 3.50. The Bertz CT molecular complexity index is 549. The number of nitrogens with zero attached hydrogens (tertiary/aromatic N) is 2. The first-order valence-electron chi connectivity index (χ1n) is 7.45. The number of aromatic nitrogens is 1. The molecule has 0 aromatic carbocycles. The Morgan fingerprint density at radius 2 is 2.10 bits per heavy atom. The fourth-order valence-electron chi connectivity index (χ4n) is 2.21. The third-order valence-corrected chi connectivity index (χ3v) is 3.44. The van der Waals surface area contributed by atoms with E-state index in [2.05, 4.69) is 43.1 Å². The lowest BCUT2D eigenvalue weighted by atomic mass is 10.1. The highest BCUT2D eigenvalue weighted by Gasteiger charge is 2.07. The van der Waals surface area contributed by atoms with Gasteiger partial charge in [-0.2, -0.15) is 0 Å². The summed E-state index contributed by atoms with van der Waals surface area (Å²) in [6.45, 7) is 9.21. The molecule has 0 atom stereocenters. The third-order valence-electron chi connectivity index (χ3n) is 3.44. The molecule has 0 radical (unpaired) electrons. The molecule has 1 N–H and O–H groups in total. The predicted octanol–water partition coefficient (Wildman–Crippen LogP) is 3.37. The van der Waals surface area contributed by atoms with E-state index in [-0.39, 0.29) is 0 Å². The molecule has 21 heavy (non-hydrogen) atoms. The molecule has 0 aliphatic rings. The lowest BCUT2D eigenvalue weighted by Crippen LogP contribution is -2.21. The number of nitrogens with one attached hydrogen (secondary N) is 1. The fourth-order valence-corrected chi connectivity index (χ4v) is 2.21. The van der Waals surface area contributed by atoms with E-state index in [0.717, 1.165) is 36.7 Å². The summed E-state index contributed by atoms with van der Waals surface area (Å²) in [6.07, 6.45) is 3.47. The van der Waals surface area contributed by atoms with Crippen LogP contribution in [0.2, 0.25) is 0 Å². The number of furan rings is 1. The molecule has 0 bridgehead atoms. The van der Waals surface area contributed by atoms with Crippen LogP contribution in [0.4, 0.5) is 5.82 Å². The highest BCUT2D eigenvalue weighted by molar-refractivity contribution is 5.41. The molecule has 0 aliphatic heterocycles. The average Bonchev–Trinajstić information content (AvgIpc) is 2.93. The third kappa shape index (κ3) is 4.60. The van der Waals surface area contributed by atoms with Crippen molar-refractivity contribution in [2.24, 2.45) is 5.92 Å². The number of hydrogen-bond donors (Lipinski definition) is 1. The summed E-state index contributed by atoms with van der Waals surface area (Å²) in [5, 5.41) is 3.46. The Kier molecular flexibility index (Phi) is 5.39. The van der Waals surface area contributed by atoms with Crippen molar-refractivity contribution >= 4 is 5.82 Å². The molecule has 0 unspecified atom stereocenters. The monoisotopic (exact) mass is 287 g/mol. The van der Waals surface area contributed by atoms with E-state index in [0.29, 0.717) is 5.92 Å². The van der Waals surface area contributed by atoms with Crippen molar-refractivity contribution < 1.29 is 4.42 Å². The highest BCUT2D eigenvalue weighted by Crippen LogP contribution is 2.16. The van der Waals surface area contributed by atoms with E-state index < -0.39 is 0 Å². The van der Waals surface area contributed by atoms with Gasteiger partial charge in [0, 0.05) is 31.4 Å². The minimum absolute atomic E-state index is 0.665. The summed E-state index contributed by atoms with van der Waals surface area (Å²) in [7, 11) is 2.05. The topological polar surface area (TPSA) is 41.3 Å². The van der Waals surface area contributed by atoms with E-state index in [1.165, 1.54) is 5.56 Å². The molecule has 4 nitrogen and oxygen atoms in total. The Hall–Kier alpha value is -1.81. The Morgan fingerprint density at radius 3 is 2.71 bits per heavy atom. The quantitative estimate of drug-likeness (QED) is 0.848. The molecule has 0 aliphatic carbocycles. The molecular weight excluding hydrogens is 262 g/mol. The van der Waals surface area contributed by atoms with Crippen molar-refractivity contribution in [2.45, 2.75) is 33.9 Å². The maximum Gasteiger partial charge on any atom is 0.128 e. The number of hydrogen-bond acceptors (Lipinski definition) is 4. The van der Waals surface area contributed by atoms with Gasteiger partial charge in [-0.1, -0.05) is 19.9 Å². The van der Waals surface area contributed by atoms with Crippen LogP contribution in [0.1, 0.15) is 30.7 Å². The van der Waals surface area contributed by atoms with Crippen LogP contribution >= 0.6 is 0 Å². The van der Waals surface area contributed by atoms with E-state index in [1.807, 2.05) is 13.1 Å². The summed E-state index contributed by atoms with van der Waals surface area (Å²) in [5.74, 6) is 1.65. The molecule has 2 heterocycles. The van der Waals surface area contributed by atoms with Crippen molar-refractivity contribution in [3.05, 3.63) is 47.5 Å². The molecule has 0 saturated carbocycles. The minimum Gasteiger partial charge on any atom is -0.472 e. The summed E-state index contributed by atoms with van der Waals surface area (Å²) >= 11 is 0. The largest absolute Gasteiger partial charge is 0.472 e. The maximum absolute atomic E-state index is 5.10. The van der Waals surface area contributed by atoms with E-state index >= 15 is 0 Å². The van der Waals surface area contributed by atoms with Gasteiger partial charge in [-0.25, -0.2) is 4.98 Å². The molecule has 0 fully saturated rings. The number of pyridine rings is 1. The van der Waals surface area contributed by atoms with Gasteiger partial charge in [-0.3, -0.25) is 0 Å². The van der Waals surface area contributed by atoms with Gasteiger partial charge in [0.2, 0.25) is 0 Å². The lowest BCUT2D eigenvalue weighted by Gasteiger charge is -2.19. The summed E-state index contributed by atoms with van der Waals surface area (Å²) < 4.78 is 5.10. The number of rotatable bonds is 7. The zero-order chi connectivity index (χ0) is 15.2. The Balaban J connectivity index is 1.97. The van der Waals surface area contributed by atoms with Gasteiger partial charge in [-0.15, -0.1) is 0 Å². The van der Waals surface area contributed by atoms with E-state index in [4.69, 9.17) is 9.40 Å². The van der Waals surface area contributed by atoms with Crippen LogP contribution < -0.4 is 10.2 Å². The van der Waals surface area contributed by atoms with Gasteiger partial charge in [0.1, 0.15) is 5.82 Å². The van der Waals surface area contributed by atoms with Crippen LogP contribution in [0.5, 0.6) is 0 Å². The van der Waals surface area contributed by atoms with Crippen LogP contribution in [0.3, 0.4) is 0 Å². The molecule has 0 spiro atoms. The molecule has 4 heteroatoms. The maximum atomic E-state index is 5.10. The van der Waals surface area contributed by atoms with Crippen molar-refractivity contribution in [1.29, 1.82) is 0 Å².